The van der Waals surface area contributed by atoms with Gasteiger partial charge in [-0.05, 0) is 17.5 Å². The number of fused-ring (bicyclic) bond motifs is 1. The van der Waals surface area contributed by atoms with E-state index in [0.29, 0.717) is 0 Å². The van der Waals surface area contributed by atoms with Crippen molar-refractivity contribution < 1.29 is 0 Å². The van der Waals surface area contributed by atoms with Gasteiger partial charge in [0.15, 0.2) is 0 Å². The molecule has 0 spiro atoms. The maximum Gasteiger partial charge on any atom is 0.0786 e. The summed E-state index contributed by atoms with van der Waals surface area (Å²) in [5.41, 5.74) is 2.04. The molecule has 0 bridgehead atoms. The van der Waals surface area contributed by atoms with Crippen LogP contribution in [0.25, 0.3) is 22.0 Å². The fourth-order valence-corrected chi connectivity index (χ4v) is 1.87. The van der Waals surface area contributed by atoms with Crippen LogP contribution in [-0.2, 0) is 0 Å². The zero-order valence-corrected chi connectivity index (χ0v) is 8.72. The van der Waals surface area contributed by atoms with Crippen LogP contribution in [0.2, 0.25) is 0 Å². The molecule has 1 heteroatoms. The zero-order valence-electron chi connectivity index (χ0n) is 8.72. The van der Waals surface area contributed by atoms with Crippen molar-refractivity contribution in [1.82, 2.24) is 4.98 Å². The van der Waals surface area contributed by atoms with Gasteiger partial charge in [-0.25, -0.2) is 0 Å². The molecule has 0 saturated heterocycles. The Morgan fingerprint density at radius 3 is 2.62 bits per heavy atom. The quantitative estimate of drug-likeness (QED) is 0.589. The maximum absolute atomic E-state index is 4.45. The van der Waals surface area contributed by atoms with Crippen LogP contribution >= 0.6 is 0 Å². The number of benzene rings is 2. The molecule has 3 aromatic rings. The van der Waals surface area contributed by atoms with Gasteiger partial charge >= 0.3 is 0 Å². The molecule has 2 aromatic carbocycles. The van der Waals surface area contributed by atoms with Crippen LogP contribution in [0.5, 0.6) is 0 Å². The summed E-state index contributed by atoms with van der Waals surface area (Å²) in [4.78, 5) is 4.45. The van der Waals surface area contributed by atoms with Gasteiger partial charge < -0.3 is 0 Å². The Morgan fingerprint density at radius 2 is 1.75 bits per heavy atom. The molecule has 1 radical (unpaired) electrons. The number of aromatic nitrogens is 1. The Bertz CT molecular complexity index is 609. The summed E-state index contributed by atoms with van der Waals surface area (Å²) in [5, 5.41) is 2.39. The van der Waals surface area contributed by atoms with Gasteiger partial charge in [-0.3, -0.25) is 4.98 Å². The SMILES string of the molecule is [c]1ccccc1-c1nccc2ccccc12. The first-order valence-corrected chi connectivity index (χ1v) is 5.26. The van der Waals surface area contributed by atoms with Crippen molar-refractivity contribution in [2.45, 2.75) is 0 Å². The van der Waals surface area contributed by atoms with Crippen molar-refractivity contribution in [3.8, 4) is 11.3 Å². The van der Waals surface area contributed by atoms with Crippen molar-refractivity contribution in [1.29, 1.82) is 0 Å². The van der Waals surface area contributed by atoms with Crippen LogP contribution in [0.4, 0.5) is 0 Å². The highest BCUT2D eigenvalue weighted by atomic mass is 14.7. The fourth-order valence-electron chi connectivity index (χ4n) is 1.87. The van der Waals surface area contributed by atoms with E-state index in [4.69, 9.17) is 0 Å². The van der Waals surface area contributed by atoms with Crippen LogP contribution in [0.3, 0.4) is 0 Å². The summed E-state index contributed by atoms with van der Waals surface area (Å²) in [7, 11) is 0. The minimum Gasteiger partial charge on any atom is -0.256 e. The molecule has 0 aliphatic rings. The molecule has 0 aliphatic carbocycles. The lowest BCUT2D eigenvalue weighted by Gasteiger charge is -2.04. The van der Waals surface area contributed by atoms with E-state index in [1.54, 1.807) is 0 Å². The predicted molar refractivity (Wildman–Crippen MR) is 66.0 cm³/mol. The van der Waals surface area contributed by atoms with Crippen LogP contribution < -0.4 is 0 Å². The molecule has 0 N–H and O–H groups in total. The Morgan fingerprint density at radius 1 is 0.875 bits per heavy atom. The van der Waals surface area contributed by atoms with Gasteiger partial charge in [0, 0.05) is 17.1 Å². The normalized spacial score (nSPS) is 10.5. The number of hydrogen-bond donors (Lipinski definition) is 0. The van der Waals surface area contributed by atoms with E-state index in [-0.39, 0.29) is 0 Å². The van der Waals surface area contributed by atoms with Crippen LogP contribution in [0.1, 0.15) is 0 Å². The molecule has 1 aromatic heterocycles. The van der Waals surface area contributed by atoms with Crippen molar-refractivity contribution in [2.75, 3.05) is 0 Å². The molecule has 0 saturated carbocycles. The summed E-state index contributed by atoms with van der Waals surface area (Å²) in [6.07, 6.45) is 1.85. The lowest BCUT2D eigenvalue weighted by atomic mass is 10.0. The maximum atomic E-state index is 4.45. The van der Waals surface area contributed by atoms with Gasteiger partial charge in [-0.2, -0.15) is 0 Å². The van der Waals surface area contributed by atoms with Crippen molar-refractivity contribution >= 4 is 10.8 Å². The van der Waals surface area contributed by atoms with Gasteiger partial charge in [0.05, 0.1) is 5.69 Å². The van der Waals surface area contributed by atoms with Gasteiger partial charge in [-0.1, -0.05) is 48.5 Å². The second-order valence-corrected chi connectivity index (χ2v) is 3.66. The minimum atomic E-state index is 0.999. The molecule has 1 heterocycles. The van der Waals surface area contributed by atoms with Crippen molar-refractivity contribution in [3.05, 3.63) is 66.9 Å². The third-order valence-electron chi connectivity index (χ3n) is 2.64. The van der Waals surface area contributed by atoms with Crippen LogP contribution in [0, 0.1) is 6.07 Å². The lowest BCUT2D eigenvalue weighted by Crippen LogP contribution is -1.85. The molecule has 16 heavy (non-hydrogen) atoms. The molecule has 1 nitrogen and oxygen atoms in total. The molecule has 0 atom stereocenters. The smallest absolute Gasteiger partial charge is 0.0786 e. The molecular weight excluding hydrogens is 194 g/mol. The standard InChI is InChI=1S/C15H10N/c1-2-7-13(8-3-1)15-14-9-5-4-6-12(14)10-11-16-15/h1-7,9-11H. The Hall–Kier alpha value is -2.15. The predicted octanol–water partition coefficient (Wildman–Crippen LogP) is 3.70. The van der Waals surface area contributed by atoms with E-state index < -0.39 is 0 Å². The molecule has 0 unspecified atom stereocenters. The van der Waals surface area contributed by atoms with Crippen LogP contribution in [-0.4, -0.2) is 4.98 Å². The van der Waals surface area contributed by atoms with E-state index in [9.17, 15) is 0 Å². The average molecular weight is 204 g/mol. The number of hydrogen-bond acceptors (Lipinski definition) is 1. The third-order valence-corrected chi connectivity index (χ3v) is 2.64. The van der Waals surface area contributed by atoms with E-state index in [0.717, 1.165) is 11.3 Å². The molecule has 3 rings (SSSR count). The second kappa shape index (κ2) is 3.78. The summed E-state index contributed by atoms with van der Waals surface area (Å²) in [5.74, 6) is 0. The summed E-state index contributed by atoms with van der Waals surface area (Å²) < 4.78 is 0. The topological polar surface area (TPSA) is 12.9 Å². The van der Waals surface area contributed by atoms with Gasteiger partial charge in [0.2, 0.25) is 0 Å². The Labute approximate surface area is 94.4 Å². The second-order valence-electron chi connectivity index (χ2n) is 3.66. The van der Waals surface area contributed by atoms with Crippen molar-refractivity contribution in [3.63, 3.8) is 0 Å². The van der Waals surface area contributed by atoms with Gasteiger partial charge in [0.1, 0.15) is 0 Å². The molecular formula is C15H10N. The lowest BCUT2D eigenvalue weighted by molar-refractivity contribution is 1.36. The first-order chi connectivity index (χ1) is 7.95. The highest BCUT2D eigenvalue weighted by Gasteiger charge is 2.03. The third kappa shape index (κ3) is 1.47. The number of pyridine rings is 1. The van der Waals surface area contributed by atoms with Crippen LogP contribution in [0.15, 0.2) is 60.8 Å². The highest BCUT2D eigenvalue weighted by molar-refractivity contribution is 5.94. The van der Waals surface area contributed by atoms with Crippen molar-refractivity contribution in [2.24, 2.45) is 0 Å². The summed E-state index contributed by atoms with van der Waals surface area (Å²) >= 11 is 0. The monoisotopic (exact) mass is 204 g/mol. The largest absolute Gasteiger partial charge is 0.256 e. The fraction of sp³-hybridized carbons (Fsp3) is 0. The summed E-state index contributed by atoms with van der Waals surface area (Å²) in [6, 6.07) is 21.4. The highest BCUT2D eigenvalue weighted by Crippen LogP contribution is 2.25. The minimum absolute atomic E-state index is 0.999. The Balaban J connectivity index is 2.32. The first kappa shape index (κ1) is 9.10. The van der Waals surface area contributed by atoms with E-state index >= 15 is 0 Å². The first-order valence-electron chi connectivity index (χ1n) is 5.26. The molecule has 0 amide bonds. The summed E-state index contributed by atoms with van der Waals surface area (Å²) in [6.45, 7) is 0. The molecule has 75 valence electrons. The Kier molecular flexibility index (Phi) is 2.15. The zero-order chi connectivity index (χ0) is 10.8. The van der Waals surface area contributed by atoms with E-state index in [2.05, 4.69) is 23.2 Å². The average Bonchev–Trinajstić information content (AvgIpc) is 2.39. The molecule has 0 aliphatic heterocycles. The van der Waals surface area contributed by atoms with Gasteiger partial charge in [0.25, 0.3) is 0 Å². The van der Waals surface area contributed by atoms with E-state index in [1.165, 1.54) is 10.8 Å². The molecule has 0 fully saturated rings. The van der Waals surface area contributed by atoms with E-state index in [1.807, 2.05) is 48.7 Å². The van der Waals surface area contributed by atoms with Gasteiger partial charge in [-0.15, -0.1) is 0 Å². The number of nitrogens with zero attached hydrogens (tertiary/aromatic N) is 1. The number of rotatable bonds is 1.